The lowest BCUT2D eigenvalue weighted by Gasteiger charge is -2.01. The molecule has 2 rings (SSSR count). The number of amides is 1. The normalized spacial score (nSPS) is 10.2. The van der Waals surface area contributed by atoms with Crippen LogP contribution in [0, 0.1) is 0 Å². The zero-order valence-electron chi connectivity index (χ0n) is 11.3. The Balaban J connectivity index is 1.93. The largest absolute Gasteiger partial charge is 0.461 e. The van der Waals surface area contributed by atoms with E-state index in [1.165, 1.54) is 0 Å². The third kappa shape index (κ3) is 4.42. The summed E-state index contributed by atoms with van der Waals surface area (Å²) in [5.41, 5.74) is 0.878. The Kier molecular flexibility index (Phi) is 5.10. The van der Waals surface area contributed by atoms with Crippen LogP contribution in [0.2, 0.25) is 0 Å². The van der Waals surface area contributed by atoms with Gasteiger partial charge in [0.25, 0.3) is 0 Å². The average molecular weight is 353 g/mol. The van der Waals surface area contributed by atoms with Crippen molar-refractivity contribution in [2.24, 2.45) is 0 Å². The maximum absolute atomic E-state index is 11.8. The second-order valence-corrected chi connectivity index (χ2v) is 5.03. The van der Waals surface area contributed by atoms with Crippen molar-refractivity contribution >= 4 is 33.8 Å². The molecule has 1 amide bonds. The fourth-order valence-corrected chi connectivity index (χ4v) is 1.85. The van der Waals surface area contributed by atoms with Crippen molar-refractivity contribution in [3.8, 4) is 0 Å². The molecular weight excluding hydrogens is 340 g/mol. The fraction of sp³-hybridized carbons (Fsp3) is 0.214. The summed E-state index contributed by atoms with van der Waals surface area (Å²) in [6.45, 7) is 1.94. The smallest absolute Gasteiger partial charge is 0.360 e. The van der Waals surface area contributed by atoms with E-state index in [0.717, 1.165) is 16.3 Å². The molecule has 0 radical (unpaired) electrons. The first kappa shape index (κ1) is 15.2. The van der Waals surface area contributed by atoms with E-state index >= 15 is 0 Å². The maximum Gasteiger partial charge on any atom is 0.360 e. The molecule has 1 aromatic heterocycles. The lowest BCUT2D eigenvalue weighted by atomic mass is 10.1. The number of carbonyl (C=O) groups is 2. The van der Waals surface area contributed by atoms with E-state index in [2.05, 4.69) is 26.2 Å². The van der Waals surface area contributed by atoms with Crippen LogP contribution in [0.1, 0.15) is 23.0 Å². The molecule has 0 spiro atoms. The highest BCUT2D eigenvalue weighted by Crippen LogP contribution is 2.12. The van der Waals surface area contributed by atoms with Crippen LogP contribution >= 0.6 is 15.9 Å². The summed E-state index contributed by atoms with van der Waals surface area (Å²) in [7, 11) is 0. The van der Waals surface area contributed by atoms with Gasteiger partial charge in [0.05, 0.1) is 13.0 Å². The van der Waals surface area contributed by atoms with Crippen LogP contribution in [0.3, 0.4) is 0 Å². The summed E-state index contributed by atoms with van der Waals surface area (Å²) in [4.78, 5) is 27.1. The van der Waals surface area contributed by atoms with Crippen molar-refractivity contribution in [3.05, 3.63) is 46.3 Å². The summed E-state index contributed by atoms with van der Waals surface area (Å²) in [5, 5.41) is 2.49. The minimum absolute atomic E-state index is 0.0239. The second-order valence-electron chi connectivity index (χ2n) is 4.11. The Morgan fingerprint density at radius 2 is 2.05 bits per heavy atom. The number of nitrogens with one attached hydrogen (secondary N) is 1. The van der Waals surface area contributed by atoms with Crippen LogP contribution in [-0.2, 0) is 16.0 Å². The van der Waals surface area contributed by atoms with E-state index in [1.807, 2.05) is 24.3 Å². The first-order valence-corrected chi connectivity index (χ1v) is 7.04. The molecule has 6 nitrogen and oxygen atoms in total. The summed E-state index contributed by atoms with van der Waals surface area (Å²) in [6, 6.07) is 7.35. The van der Waals surface area contributed by atoms with Gasteiger partial charge in [-0.25, -0.2) is 4.79 Å². The molecule has 0 unspecified atom stereocenters. The van der Waals surface area contributed by atoms with Crippen molar-refractivity contribution in [3.63, 3.8) is 0 Å². The topological polar surface area (TPSA) is 81.4 Å². The number of benzene rings is 1. The zero-order chi connectivity index (χ0) is 15.2. The van der Waals surface area contributed by atoms with E-state index in [9.17, 15) is 9.59 Å². The van der Waals surface area contributed by atoms with Gasteiger partial charge < -0.3 is 9.15 Å². The number of aromatic nitrogens is 1. The minimum Gasteiger partial charge on any atom is -0.461 e. The Morgan fingerprint density at radius 3 is 2.71 bits per heavy atom. The van der Waals surface area contributed by atoms with E-state index in [0.29, 0.717) is 0 Å². The Hall–Kier alpha value is -2.15. The molecule has 0 fully saturated rings. The predicted octanol–water partition coefficient (Wildman–Crippen LogP) is 2.80. The molecule has 0 aliphatic heterocycles. The number of nitrogens with zero attached hydrogens (tertiary/aromatic N) is 1. The van der Waals surface area contributed by atoms with Gasteiger partial charge in [-0.3, -0.25) is 10.1 Å². The summed E-state index contributed by atoms with van der Waals surface area (Å²) in [6.07, 6.45) is 1.33. The predicted molar refractivity (Wildman–Crippen MR) is 78.9 cm³/mol. The molecule has 0 saturated carbocycles. The summed E-state index contributed by atoms with van der Waals surface area (Å²) < 4.78 is 10.7. The molecule has 1 heterocycles. The molecule has 21 heavy (non-hydrogen) atoms. The number of oxazole rings is 1. The van der Waals surface area contributed by atoms with Gasteiger partial charge in [-0.15, -0.1) is 0 Å². The van der Waals surface area contributed by atoms with E-state index < -0.39 is 5.97 Å². The van der Waals surface area contributed by atoms with Crippen LogP contribution in [-0.4, -0.2) is 23.5 Å². The van der Waals surface area contributed by atoms with Gasteiger partial charge in [0.2, 0.25) is 5.91 Å². The van der Waals surface area contributed by atoms with Gasteiger partial charge >= 0.3 is 12.0 Å². The Morgan fingerprint density at radius 1 is 1.33 bits per heavy atom. The van der Waals surface area contributed by atoms with Crippen molar-refractivity contribution in [1.82, 2.24) is 4.98 Å². The molecule has 110 valence electrons. The highest BCUT2D eigenvalue weighted by Gasteiger charge is 2.14. The van der Waals surface area contributed by atoms with Crippen LogP contribution in [0.5, 0.6) is 0 Å². The van der Waals surface area contributed by atoms with Gasteiger partial charge in [-0.2, -0.15) is 4.98 Å². The van der Waals surface area contributed by atoms with Crippen LogP contribution in [0.15, 0.2) is 39.4 Å². The van der Waals surface area contributed by atoms with Gasteiger partial charge in [-0.1, -0.05) is 28.1 Å². The van der Waals surface area contributed by atoms with Crippen molar-refractivity contribution in [1.29, 1.82) is 0 Å². The average Bonchev–Trinajstić information content (AvgIpc) is 2.90. The lowest BCUT2D eigenvalue weighted by molar-refractivity contribution is -0.115. The minimum atomic E-state index is -0.588. The first-order chi connectivity index (χ1) is 10.1. The number of ether oxygens (including phenoxy) is 1. The first-order valence-electron chi connectivity index (χ1n) is 6.25. The Labute approximate surface area is 129 Å². The Bertz CT molecular complexity index is 637. The molecular formula is C14H13BrN2O4. The van der Waals surface area contributed by atoms with Gasteiger partial charge in [0.15, 0.2) is 5.69 Å². The molecule has 0 atom stereocenters. The maximum atomic E-state index is 11.8. The van der Waals surface area contributed by atoms with E-state index in [-0.39, 0.29) is 30.6 Å². The number of anilines is 1. The molecule has 0 bridgehead atoms. The summed E-state index contributed by atoms with van der Waals surface area (Å²) in [5.74, 6) is -0.871. The SMILES string of the molecule is CCOC(=O)c1coc(NC(=O)Cc2ccc(Br)cc2)n1. The van der Waals surface area contributed by atoms with Gasteiger partial charge in [0, 0.05) is 4.47 Å². The summed E-state index contributed by atoms with van der Waals surface area (Å²) >= 11 is 3.33. The quantitative estimate of drug-likeness (QED) is 0.836. The molecule has 0 aliphatic carbocycles. The van der Waals surface area contributed by atoms with Crippen molar-refractivity contribution < 1.29 is 18.7 Å². The van der Waals surface area contributed by atoms with Crippen molar-refractivity contribution in [2.45, 2.75) is 13.3 Å². The number of esters is 1. The molecule has 0 saturated heterocycles. The van der Waals surface area contributed by atoms with E-state index in [4.69, 9.17) is 9.15 Å². The monoisotopic (exact) mass is 352 g/mol. The molecule has 2 aromatic rings. The van der Waals surface area contributed by atoms with Gasteiger partial charge in [-0.05, 0) is 24.6 Å². The molecule has 0 aliphatic rings. The van der Waals surface area contributed by atoms with E-state index in [1.54, 1.807) is 6.92 Å². The van der Waals surface area contributed by atoms with Crippen LogP contribution in [0.4, 0.5) is 6.01 Å². The third-order valence-electron chi connectivity index (χ3n) is 2.51. The zero-order valence-corrected chi connectivity index (χ0v) is 12.8. The highest BCUT2D eigenvalue weighted by molar-refractivity contribution is 9.10. The number of halogens is 1. The molecule has 1 aromatic carbocycles. The standard InChI is InChI=1S/C14H13BrN2O4/c1-2-20-13(19)11-8-21-14(16-11)17-12(18)7-9-3-5-10(15)6-4-9/h3-6,8H,2,7H2,1H3,(H,16,17,18). The fourth-order valence-electron chi connectivity index (χ4n) is 1.58. The molecule has 7 heteroatoms. The molecule has 1 N–H and O–H groups in total. The third-order valence-corrected chi connectivity index (χ3v) is 3.04. The number of hydrogen-bond donors (Lipinski definition) is 1. The lowest BCUT2D eigenvalue weighted by Crippen LogP contribution is -2.15. The number of hydrogen-bond acceptors (Lipinski definition) is 5. The highest BCUT2D eigenvalue weighted by atomic mass is 79.9. The number of carbonyl (C=O) groups excluding carboxylic acids is 2. The number of rotatable bonds is 5. The van der Waals surface area contributed by atoms with Crippen molar-refractivity contribution in [2.75, 3.05) is 11.9 Å². The van der Waals surface area contributed by atoms with Crippen LogP contribution in [0.25, 0.3) is 0 Å². The van der Waals surface area contributed by atoms with Gasteiger partial charge in [0.1, 0.15) is 6.26 Å². The van der Waals surface area contributed by atoms with Crippen LogP contribution < -0.4 is 5.32 Å². The second kappa shape index (κ2) is 7.03.